The average Bonchev–Trinajstić information content (AvgIpc) is 2.62. The van der Waals surface area contributed by atoms with Crippen molar-refractivity contribution in [3.63, 3.8) is 0 Å². The van der Waals surface area contributed by atoms with Gasteiger partial charge in [0.1, 0.15) is 0 Å². The summed E-state index contributed by atoms with van der Waals surface area (Å²) in [5.41, 5.74) is 3.53. The van der Waals surface area contributed by atoms with Crippen molar-refractivity contribution in [2.24, 2.45) is 0 Å². The van der Waals surface area contributed by atoms with E-state index in [4.69, 9.17) is 4.74 Å². The molecule has 0 aliphatic carbocycles. The van der Waals surface area contributed by atoms with Gasteiger partial charge in [-0.15, -0.1) is 0 Å². The molecule has 0 amide bonds. The van der Waals surface area contributed by atoms with Crippen LogP contribution >= 0.6 is 0 Å². The quantitative estimate of drug-likeness (QED) is 0.692. The van der Waals surface area contributed by atoms with Crippen molar-refractivity contribution in [3.05, 3.63) is 83.9 Å². The molecular formula is C20H15AsO3. The molecule has 0 saturated carbocycles. The Morgan fingerprint density at radius 2 is 1.67 bits per heavy atom. The molecule has 2 radical (unpaired) electrons. The molecule has 0 aliphatic heterocycles. The Labute approximate surface area is 149 Å². The summed E-state index contributed by atoms with van der Waals surface area (Å²) in [5, 5.41) is 9.20. The first-order chi connectivity index (χ1) is 11.6. The second-order valence-electron chi connectivity index (χ2n) is 5.30. The third kappa shape index (κ3) is 3.69. The molecule has 0 aliphatic rings. The number of hydrogen-bond donors (Lipinski definition) is 1. The van der Waals surface area contributed by atoms with E-state index in [2.05, 4.69) is 35.1 Å². The van der Waals surface area contributed by atoms with Gasteiger partial charge in [-0.05, 0) is 0 Å². The normalized spacial score (nSPS) is 10.4. The molecule has 0 bridgehead atoms. The summed E-state index contributed by atoms with van der Waals surface area (Å²) in [6.45, 7) is 0.377. The standard InChI is InChI=1S/C20H15AsO3/c21-19-11-10-16(12-18(19)20(22)23)24-13-15-8-4-5-9-17(15)14-6-2-1-3-7-14/h1-12H,13H2,(H,22,23). The van der Waals surface area contributed by atoms with Gasteiger partial charge in [-0.25, -0.2) is 0 Å². The Balaban J connectivity index is 1.83. The third-order valence-corrected chi connectivity index (χ3v) is 4.51. The number of carboxylic acids is 1. The van der Waals surface area contributed by atoms with Gasteiger partial charge in [0.2, 0.25) is 0 Å². The van der Waals surface area contributed by atoms with Crippen LogP contribution in [0.2, 0.25) is 0 Å². The molecule has 0 saturated heterocycles. The van der Waals surface area contributed by atoms with Crippen LogP contribution in [0.3, 0.4) is 0 Å². The monoisotopic (exact) mass is 378 g/mol. The molecule has 24 heavy (non-hydrogen) atoms. The summed E-state index contributed by atoms with van der Waals surface area (Å²) in [6, 6.07) is 23.2. The van der Waals surface area contributed by atoms with Crippen LogP contribution in [0.15, 0.2) is 72.8 Å². The van der Waals surface area contributed by atoms with E-state index in [1.807, 2.05) is 36.4 Å². The van der Waals surface area contributed by atoms with Crippen molar-refractivity contribution >= 4 is 27.2 Å². The first-order valence-electron chi connectivity index (χ1n) is 7.47. The Bertz CT molecular complexity index is 860. The fourth-order valence-electron chi connectivity index (χ4n) is 2.48. The topological polar surface area (TPSA) is 46.5 Å². The summed E-state index contributed by atoms with van der Waals surface area (Å²) in [5.74, 6) is -0.411. The molecule has 3 aromatic rings. The number of carboxylic acid groups (broad SMARTS) is 1. The van der Waals surface area contributed by atoms with Gasteiger partial charge in [0.05, 0.1) is 0 Å². The van der Waals surface area contributed by atoms with E-state index in [0.717, 1.165) is 16.7 Å². The Morgan fingerprint density at radius 3 is 2.42 bits per heavy atom. The summed E-state index contributed by atoms with van der Waals surface area (Å²) in [7, 11) is 0. The van der Waals surface area contributed by atoms with Crippen molar-refractivity contribution in [3.8, 4) is 16.9 Å². The van der Waals surface area contributed by atoms with E-state index in [0.29, 0.717) is 16.7 Å². The molecule has 3 nitrogen and oxygen atoms in total. The fourth-order valence-corrected chi connectivity index (χ4v) is 2.98. The molecule has 0 unspecified atom stereocenters. The Hall–Kier alpha value is -2.51. The average molecular weight is 378 g/mol. The minimum absolute atomic E-state index is 0.240. The number of hydrogen-bond acceptors (Lipinski definition) is 2. The summed E-state index contributed by atoms with van der Waals surface area (Å²) in [6.07, 6.45) is 0. The first kappa shape index (κ1) is 16.3. The maximum absolute atomic E-state index is 11.2. The number of aromatic carboxylic acids is 1. The zero-order valence-electron chi connectivity index (χ0n) is 12.8. The van der Waals surface area contributed by atoms with Crippen LogP contribution < -0.4 is 9.09 Å². The van der Waals surface area contributed by atoms with Gasteiger partial charge in [-0.2, -0.15) is 0 Å². The molecule has 3 aromatic carbocycles. The van der Waals surface area contributed by atoms with Crippen molar-refractivity contribution in [1.82, 2.24) is 0 Å². The minimum atomic E-state index is -0.958. The Kier molecular flexibility index (Phi) is 5.02. The van der Waals surface area contributed by atoms with Crippen LogP contribution in [0.4, 0.5) is 0 Å². The molecule has 3 rings (SSSR count). The SMILES string of the molecule is O=C(O)c1cc(OCc2ccccc2-c2ccccc2)ccc1[As]. The second kappa shape index (κ2) is 7.37. The van der Waals surface area contributed by atoms with Crippen molar-refractivity contribution in [1.29, 1.82) is 0 Å². The molecule has 0 atom stereocenters. The van der Waals surface area contributed by atoms with Gasteiger partial charge in [-0.3, -0.25) is 0 Å². The van der Waals surface area contributed by atoms with E-state index in [1.165, 1.54) is 0 Å². The maximum atomic E-state index is 11.2. The van der Waals surface area contributed by atoms with E-state index in [1.54, 1.807) is 18.2 Å². The van der Waals surface area contributed by atoms with Gasteiger partial charge >= 0.3 is 149 Å². The number of benzene rings is 3. The van der Waals surface area contributed by atoms with Gasteiger partial charge in [0, 0.05) is 0 Å². The second-order valence-corrected chi connectivity index (χ2v) is 6.31. The van der Waals surface area contributed by atoms with Crippen LogP contribution in [-0.4, -0.2) is 27.9 Å². The third-order valence-electron chi connectivity index (χ3n) is 3.69. The van der Waals surface area contributed by atoms with Crippen molar-refractivity contribution in [2.75, 3.05) is 0 Å². The van der Waals surface area contributed by atoms with Crippen LogP contribution in [0.25, 0.3) is 11.1 Å². The summed E-state index contributed by atoms with van der Waals surface area (Å²) >= 11 is 2.26. The molecule has 4 heteroatoms. The predicted molar refractivity (Wildman–Crippen MR) is 95.0 cm³/mol. The molecular weight excluding hydrogens is 363 g/mol. The van der Waals surface area contributed by atoms with E-state index < -0.39 is 5.97 Å². The molecule has 1 N–H and O–H groups in total. The number of rotatable bonds is 5. The van der Waals surface area contributed by atoms with Gasteiger partial charge < -0.3 is 0 Å². The van der Waals surface area contributed by atoms with Crippen molar-refractivity contribution in [2.45, 2.75) is 6.61 Å². The van der Waals surface area contributed by atoms with Crippen LogP contribution in [0.5, 0.6) is 5.75 Å². The predicted octanol–water partition coefficient (Wildman–Crippen LogP) is 3.42. The molecule has 118 valence electrons. The number of ether oxygens (including phenoxy) is 1. The molecule has 0 spiro atoms. The van der Waals surface area contributed by atoms with Crippen LogP contribution in [-0.2, 0) is 6.61 Å². The number of carbonyl (C=O) groups is 1. The van der Waals surface area contributed by atoms with Crippen molar-refractivity contribution < 1.29 is 14.6 Å². The first-order valence-corrected chi connectivity index (χ1v) is 8.41. The summed E-state index contributed by atoms with van der Waals surface area (Å²) in [4.78, 5) is 11.2. The molecule has 0 fully saturated rings. The van der Waals surface area contributed by atoms with E-state index in [9.17, 15) is 9.90 Å². The summed E-state index contributed by atoms with van der Waals surface area (Å²) < 4.78 is 6.49. The Morgan fingerprint density at radius 1 is 0.958 bits per heavy atom. The molecule has 0 heterocycles. The zero-order valence-corrected chi connectivity index (χ0v) is 14.7. The fraction of sp³-hybridized carbons (Fsp3) is 0.0500. The zero-order chi connectivity index (χ0) is 16.9. The van der Waals surface area contributed by atoms with E-state index in [-0.39, 0.29) is 5.56 Å². The van der Waals surface area contributed by atoms with E-state index >= 15 is 0 Å². The van der Waals surface area contributed by atoms with Gasteiger partial charge in [0.15, 0.2) is 0 Å². The van der Waals surface area contributed by atoms with Gasteiger partial charge in [-0.1, -0.05) is 0 Å². The van der Waals surface area contributed by atoms with Crippen LogP contribution in [0.1, 0.15) is 15.9 Å². The van der Waals surface area contributed by atoms with Crippen LogP contribution in [0, 0.1) is 0 Å². The molecule has 0 aromatic heterocycles. The van der Waals surface area contributed by atoms with Gasteiger partial charge in [0.25, 0.3) is 0 Å².